The number of rotatable bonds is 6. The molecule has 0 saturated heterocycles. The molecule has 4 aliphatic carbocycles. The minimum atomic E-state index is -0.350. The number of nitrogens with one attached hydrogen (secondary N) is 1. The second-order valence-electron chi connectivity index (χ2n) is 9.39. The zero-order valence-electron chi connectivity index (χ0n) is 16.5. The molecule has 146 valence electrons. The van der Waals surface area contributed by atoms with Crippen molar-refractivity contribution in [3.05, 3.63) is 35.4 Å². The molecule has 0 aliphatic heterocycles. The summed E-state index contributed by atoms with van der Waals surface area (Å²) in [4.78, 5) is 24.4. The van der Waals surface area contributed by atoms with Crippen LogP contribution in [0.25, 0.3) is 0 Å². The van der Waals surface area contributed by atoms with Crippen molar-refractivity contribution < 1.29 is 14.3 Å². The summed E-state index contributed by atoms with van der Waals surface area (Å²) in [5, 5.41) is 3.15. The molecule has 0 aromatic heterocycles. The first-order valence-corrected chi connectivity index (χ1v) is 10.4. The van der Waals surface area contributed by atoms with Gasteiger partial charge in [0.2, 0.25) is 0 Å². The van der Waals surface area contributed by atoms with Gasteiger partial charge in [0.05, 0.1) is 6.42 Å². The fraction of sp³-hybridized carbons (Fsp3) is 0.652. The Morgan fingerprint density at radius 2 is 1.63 bits per heavy atom. The Morgan fingerprint density at radius 3 is 2.19 bits per heavy atom. The van der Waals surface area contributed by atoms with Gasteiger partial charge >= 0.3 is 5.97 Å². The zero-order chi connectivity index (χ0) is 19.0. The van der Waals surface area contributed by atoms with Crippen LogP contribution in [0.3, 0.4) is 0 Å². The predicted octanol–water partition coefficient (Wildman–Crippen LogP) is 3.80. The van der Waals surface area contributed by atoms with Crippen molar-refractivity contribution in [3.63, 3.8) is 0 Å². The molecule has 4 bridgehead atoms. The monoisotopic (exact) mass is 369 g/mol. The summed E-state index contributed by atoms with van der Waals surface area (Å²) in [5.41, 5.74) is 2.34. The molecule has 1 amide bonds. The molecule has 1 N–H and O–H groups in total. The van der Waals surface area contributed by atoms with E-state index in [1.165, 1.54) is 38.5 Å². The third-order valence-corrected chi connectivity index (χ3v) is 7.21. The standard InChI is InChI=1S/C23H31NO3/c1-15-3-5-17(6-4-15)10-22(26)27-14-21(25)24-16(2)23-11-18-7-19(12-23)9-20(8-18)13-23/h3-6,16,18-20H,7-14H2,1-2H3,(H,24,25)/t16-,18?,19?,20?,23?/m0/s1. The van der Waals surface area contributed by atoms with E-state index in [4.69, 9.17) is 4.74 Å². The first kappa shape index (κ1) is 18.5. The molecule has 4 saturated carbocycles. The number of hydrogen-bond donors (Lipinski definition) is 1. The van der Waals surface area contributed by atoms with Gasteiger partial charge in [-0.2, -0.15) is 0 Å². The second-order valence-corrected chi connectivity index (χ2v) is 9.39. The average molecular weight is 370 g/mol. The lowest BCUT2D eigenvalue weighted by Crippen LogP contribution is -2.56. The van der Waals surface area contributed by atoms with Crippen LogP contribution in [-0.2, 0) is 20.7 Å². The lowest BCUT2D eigenvalue weighted by Gasteiger charge is -2.59. The Morgan fingerprint density at radius 1 is 1.07 bits per heavy atom. The number of carbonyl (C=O) groups is 2. The number of carbonyl (C=O) groups excluding carboxylic acids is 2. The van der Waals surface area contributed by atoms with Crippen LogP contribution in [0.4, 0.5) is 0 Å². The number of esters is 1. The molecule has 1 atom stereocenters. The van der Waals surface area contributed by atoms with E-state index >= 15 is 0 Å². The van der Waals surface area contributed by atoms with Crippen LogP contribution in [0.2, 0.25) is 0 Å². The quantitative estimate of drug-likeness (QED) is 0.776. The summed E-state index contributed by atoms with van der Waals surface area (Å²) in [6.07, 6.45) is 8.18. The molecule has 1 aromatic rings. The maximum absolute atomic E-state index is 12.4. The molecule has 4 heteroatoms. The summed E-state index contributed by atoms with van der Waals surface area (Å²) in [7, 11) is 0. The van der Waals surface area contributed by atoms with Crippen LogP contribution in [0.5, 0.6) is 0 Å². The molecule has 0 heterocycles. The molecular formula is C23H31NO3. The molecule has 4 fully saturated rings. The molecule has 0 unspecified atom stereocenters. The maximum Gasteiger partial charge on any atom is 0.310 e. The van der Waals surface area contributed by atoms with Crippen molar-refractivity contribution in [3.8, 4) is 0 Å². The van der Waals surface area contributed by atoms with Crippen LogP contribution in [-0.4, -0.2) is 24.5 Å². The van der Waals surface area contributed by atoms with E-state index in [1.54, 1.807) is 0 Å². The summed E-state index contributed by atoms with van der Waals surface area (Å²) in [5.74, 6) is 2.07. The topological polar surface area (TPSA) is 55.4 Å². The van der Waals surface area contributed by atoms with Crippen molar-refractivity contribution in [2.75, 3.05) is 6.61 Å². The average Bonchev–Trinajstić information content (AvgIpc) is 2.61. The van der Waals surface area contributed by atoms with Crippen LogP contribution in [0.1, 0.15) is 56.6 Å². The largest absolute Gasteiger partial charge is 0.455 e. The van der Waals surface area contributed by atoms with Crippen molar-refractivity contribution in [1.29, 1.82) is 0 Å². The number of ether oxygens (including phenoxy) is 1. The zero-order valence-corrected chi connectivity index (χ0v) is 16.5. The van der Waals surface area contributed by atoms with Crippen LogP contribution < -0.4 is 5.32 Å². The normalized spacial score (nSPS) is 32.1. The van der Waals surface area contributed by atoms with E-state index in [0.29, 0.717) is 0 Å². The number of aryl methyl sites for hydroxylation is 1. The van der Waals surface area contributed by atoms with Crippen molar-refractivity contribution in [2.24, 2.45) is 23.2 Å². The Kier molecular flexibility index (Phi) is 5.00. The van der Waals surface area contributed by atoms with Gasteiger partial charge in [0, 0.05) is 6.04 Å². The van der Waals surface area contributed by atoms with Gasteiger partial charge in [-0.3, -0.25) is 9.59 Å². The lowest BCUT2D eigenvalue weighted by molar-refractivity contribution is -0.148. The smallest absolute Gasteiger partial charge is 0.310 e. The number of hydrogen-bond acceptors (Lipinski definition) is 3. The van der Waals surface area contributed by atoms with E-state index in [2.05, 4.69) is 12.2 Å². The van der Waals surface area contributed by atoms with E-state index in [0.717, 1.165) is 28.9 Å². The fourth-order valence-corrected chi connectivity index (χ4v) is 6.21. The number of benzene rings is 1. The second kappa shape index (κ2) is 7.29. The first-order valence-electron chi connectivity index (χ1n) is 10.4. The van der Waals surface area contributed by atoms with Crippen molar-refractivity contribution in [1.82, 2.24) is 5.32 Å². The van der Waals surface area contributed by atoms with Gasteiger partial charge in [0.15, 0.2) is 6.61 Å². The Balaban J connectivity index is 1.25. The van der Waals surface area contributed by atoms with Crippen LogP contribution in [0.15, 0.2) is 24.3 Å². The highest BCUT2D eigenvalue weighted by Gasteiger charge is 2.53. The highest BCUT2D eigenvalue weighted by atomic mass is 16.5. The third-order valence-electron chi connectivity index (χ3n) is 7.21. The molecular weight excluding hydrogens is 338 g/mol. The third kappa shape index (κ3) is 4.04. The van der Waals surface area contributed by atoms with E-state index in [1.807, 2.05) is 31.2 Å². The fourth-order valence-electron chi connectivity index (χ4n) is 6.21. The van der Waals surface area contributed by atoms with Crippen molar-refractivity contribution >= 4 is 11.9 Å². The van der Waals surface area contributed by atoms with Crippen LogP contribution in [0, 0.1) is 30.1 Å². The Bertz CT molecular complexity index is 674. The summed E-state index contributed by atoms with van der Waals surface area (Å²) < 4.78 is 5.21. The molecule has 0 spiro atoms. The highest BCUT2D eigenvalue weighted by molar-refractivity contribution is 5.81. The Labute approximate surface area is 162 Å². The van der Waals surface area contributed by atoms with Gasteiger partial charge in [0.25, 0.3) is 5.91 Å². The molecule has 27 heavy (non-hydrogen) atoms. The molecule has 4 aliphatic rings. The summed E-state index contributed by atoms with van der Waals surface area (Å²) in [6.45, 7) is 3.98. The highest BCUT2D eigenvalue weighted by Crippen LogP contribution is 2.61. The Hall–Kier alpha value is -1.84. The van der Waals surface area contributed by atoms with E-state index in [9.17, 15) is 9.59 Å². The lowest BCUT2D eigenvalue weighted by atomic mass is 9.48. The number of amides is 1. The van der Waals surface area contributed by atoms with Crippen LogP contribution >= 0.6 is 0 Å². The molecule has 0 radical (unpaired) electrons. The molecule has 5 rings (SSSR count). The van der Waals surface area contributed by atoms with Gasteiger partial charge in [-0.05, 0) is 81.1 Å². The van der Waals surface area contributed by atoms with Gasteiger partial charge in [-0.25, -0.2) is 0 Å². The van der Waals surface area contributed by atoms with Gasteiger partial charge in [-0.15, -0.1) is 0 Å². The SMILES string of the molecule is Cc1ccc(CC(=O)OCC(=O)N[C@@H](C)C23CC4CC(CC(C4)C2)C3)cc1. The summed E-state index contributed by atoms with van der Waals surface area (Å²) >= 11 is 0. The van der Waals surface area contributed by atoms with Gasteiger partial charge in [0.1, 0.15) is 0 Å². The predicted molar refractivity (Wildman–Crippen MR) is 104 cm³/mol. The van der Waals surface area contributed by atoms with Crippen molar-refractivity contribution in [2.45, 2.75) is 64.8 Å². The maximum atomic E-state index is 12.4. The van der Waals surface area contributed by atoms with Gasteiger partial charge < -0.3 is 10.1 Å². The molecule has 4 nitrogen and oxygen atoms in total. The minimum Gasteiger partial charge on any atom is -0.455 e. The first-order chi connectivity index (χ1) is 12.9. The van der Waals surface area contributed by atoms with E-state index in [-0.39, 0.29) is 36.4 Å². The van der Waals surface area contributed by atoms with E-state index < -0.39 is 0 Å². The minimum absolute atomic E-state index is 0.161. The van der Waals surface area contributed by atoms with Gasteiger partial charge in [-0.1, -0.05) is 29.8 Å². The summed E-state index contributed by atoms with van der Waals surface area (Å²) in [6, 6.07) is 7.96. The molecule has 1 aromatic carbocycles.